The van der Waals surface area contributed by atoms with Gasteiger partial charge in [0.05, 0.1) is 12.2 Å². The monoisotopic (exact) mass is 380 g/mol. The summed E-state index contributed by atoms with van der Waals surface area (Å²) >= 11 is 0. The number of aliphatic hydroxyl groups is 1. The van der Waals surface area contributed by atoms with Gasteiger partial charge in [-0.25, -0.2) is 0 Å². The number of rotatable bonds is 8. The number of hydrogen-bond donors (Lipinski definition) is 3. The van der Waals surface area contributed by atoms with E-state index in [1.807, 2.05) is 30.3 Å². The molecule has 7 heteroatoms. The van der Waals surface area contributed by atoms with Crippen LogP contribution in [0.2, 0.25) is 0 Å². The van der Waals surface area contributed by atoms with Gasteiger partial charge in [0.25, 0.3) is 0 Å². The van der Waals surface area contributed by atoms with Gasteiger partial charge in [-0.3, -0.25) is 4.79 Å². The third-order valence-corrected chi connectivity index (χ3v) is 4.03. The fourth-order valence-electron chi connectivity index (χ4n) is 2.80. The highest BCUT2D eigenvalue weighted by atomic mass is 19.4. The third kappa shape index (κ3) is 7.03. The van der Waals surface area contributed by atoms with E-state index in [0.29, 0.717) is 6.42 Å². The number of nitrogens with one attached hydrogen (secondary N) is 2. The zero-order chi connectivity index (χ0) is 19.9. The first kappa shape index (κ1) is 20.9. The number of carbonyl (C=O) groups excluding carboxylic acids is 1. The largest absolute Gasteiger partial charge is 0.416 e. The molecule has 146 valence electrons. The topological polar surface area (TPSA) is 61.4 Å². The molecule has 27 heavy (non-hydrogen) atoms. The van der Waals surface area contributed by atoms with Crippen LogP contribution in [0.4, 0.5) is 18.9 Å². The Labute approximate surface area is 156 Å². The molecule has 0 aliphatic rings. The number of anilines is 1. The molecule has 4 nitrogen and oxygen atoms in total. The van der Waals surface area contributed by atoms with Gasteiger partial charge in [-0.2, -0.15) is 13.2 Å². The van der Waals surface area contributed by atoms with E-state index in [1.165, 1.54) is 12.1 Å². The summed E-state index contributed by atoms with van der Waals surface area (Å²) < 4.78 is 38.2. The smallest absolute Gasteiger partial charge is 0.395 e. The van der Waals surface area contributed by atoms with Crippen molar-refractivity contribution in [1.29, 1.82) is 0 Å². The standard InChI is InChI=1S/C20H23F3N2O2/c1-14(24-18(13-26)11-15-6-3-2-4-7-15)10-19(27)25-17-9-5-8-16(12-17)20(21,22)23/h2-9,12,14,18,24,26H,10-11,13H2,1H3,(H,25,27)/t14?,18-/m0/s1. The zero-order valence-electron chi connectivity index (χ0n) is 15.0. The first-order valence-corrected chi connectivity index (χ1v) is 8.66. The van der Waals surface area contributed by atoms with Crippen LogP contribution in [-0.2, 0) is 17.4 Å². The van der Waals surface area contributed by atoms with Gasteiger partial charge in [0.15, 0.2) is 0 Å². The maximum Gasteiger partial charge on any atom is 0.416 e. The molecule has 0 saturated heterocycles. The minimum atomic E-state index is -4.46. The predicted octanol–water partition coefficient (Wildman–Crippen LogP) is 3.62. The number of benzene rings is 2. The second-order valence-corrected chi connectivity index (χ2v) is 6.47. The summed E-state index contributed by atoms with van der Waals surface area (Å²) in [5.41, 5.74) is 0.351. The molecule has 0 heterocycles. The minimum Gasteiger partial charge on any atom is -0.395 e. The van der Waals surface area contributed by atoms with Crippen LogP contribution >= 0.6 is 0 Å². The molecule has 0 fully saturated rings. The van der Waals surface area contributed by atoms with E-state index in [0.717, 1.165) is 17.7 Å². The fraction of sp³-hybridized carbons (Fsp3) is 0.350. The molecule has 2 atom stereocenters. The maximum atomic E-state index is 12.7. The van der Waals surface area contributed by atoms with Gasteiger partial charge in [-0.05, 0) is 37.1 Å². The molecule has 0 spiro atoms. The van der Waals surface area contributed by atoms with E-state index in [4.69, 9.17) is 0 Å². The summed E-state index contributed by atoms with van der Waals surface area (Å²) in [7, 11) is 0. The number of amides is 1. The summed E-state index contributed by atoms with van der Waals surface area (Å²) in [6.07, 6.45) is -3.78. The molecule has 2 aromatic rings. The fourth-order valence-corrected chi connectivity index (χ4v) is 2.80. The molecule has 3 N–H and O–H groups in total. The lowest BCUT2D eigenvalue weighted by Crippen LogP contribution is -2.42. The summed E-state index contributed by atoms with van der Waals surface area (Å²) in [4.78, 5) is 12.1. The van der Waals surface area contributed by atoms with Gasteiger partial charge in [0.2, 0.25) is 5.91 Å². The van der Waals surface area contributed by atoms with Crippen LogP contribution in [0, 0.1) is 0 Å². The Bertz CT molecular complexity index is 736. The van der Waals surface area contributed by atoms with Crippen molar-refractivity contribution >= 4 is 11.6 Å². The van der Waals surface area contributed by atoms with E-state index in [9.17, 15) is 23.1 Å². The summed E-state index contributed by atoms with van der Waals surface area (Å²) in [5.74, 6) is -0.397. The SMILES string of the molecule is CC(CC(=O)Nc1cccc(C(F)(F)F)c1)N[C@H](CO)Cc1ccccc1. The molecule has 1 amide bonds. The zero-order valence-corrected chi connectivity index (χ0v) is 15.0. The Balaban J connectivity index is 1.87. The highest BCUT2D eigenvalue weighted by molar-refractivity contribution is 5.91. The molecule has 2 aromatic carbocycles. The van der Waals surface area contributed by atoms with Gasteiger partial charge >= 0.3 is 6.18 Å². The molecule has 0 radical (unpaired) electrons. The molecule has 1 unspecified atom stereocenters. The van der Waals surface area contributed by atoms with Crippen molar-refractivity contribution < 1.29 is 23.1 Å². The highest BCUT2D eigenvalue weighted by Gasteiger charge is 2.30. The highest BCUT2D eigenvalue weighted by Crippen LogP contribution is 2.30. The third-order valence-electron chi connectivity index (χ3n) is 4.03. The second-order valence-electron chi connectivity index (χ2n) is 6.47. The van der Waals surface area contributed by atoms with Crippen LogP contribution < -0.4 is 10.6 Å². The average Bonchev–Trinajstić information content (AvgIpc) is 2.61. The van der Waals surface area contributed by atoms with Crippen molar-refractivity contribution in [1.82, 2.24) is 5.32 Å². The van der Waals surface area contributed by atoms with E-state index in [2.05, 4.69) is 10.6 Å². The molecular formula is C20H23F3N2O2. The lowest BCUT2D eigenvalue weighted by Gasteiger charge is -2.21. The van der Waals surface area contributed by atoms with Crippen molar-refractivity contribution in [3.63, 3.8) is 0 Å². The Kier molecular flexibility index (Phi) is 7.38. The molecule has 0 aliphatic carbocycles. The molecule has 0 saturated carbocycles. The van der Waals surface area contributed by atoms with Gasteiger partial charge in [0.1, 0.15) is 0 Å². The Morgan fingerprint density at radius 1 is 1.11 bits per heavy atom. The first-order valence-electron chi connectivity index (χ1n) is 8.66. The first-order chi connectivity index (χ1) is 12.8. The number of halogens is 3. The Morgan fingerprint density at radius 3 is 2.44 bits per heavy atom. The second kappa shape index (κ2) is 9.53. The van der Waals surface area contributed by atoms with E-state index in [1.54, 1.807) is 6.92 Å². The lowest BCUT2D eigenvalue weighted by atomic mass is 10.1. The summed E-state index contributed by atoms with van der Waals surface area (Å²) in [6, 6.07) is 13.7. The van der Waals surface area contributed by atoms with Crippen molar-refractivity contribution in [2.24, 2.45) is 0 Å². The van der Waals surface area contributed by atoms with Crippen molar-refractivity contribution in [3.05, 3.63) is 65.7 Å². The van der Waals surface area contributed by atoms with Gasteiger partial charge in [-0.15, -0.1) is 0 Å². The minimum absolute atomic E-state index is 0.0710. The van der Waals surface area contributed by atoms with Crippen molar-refractivity contribution in [3.8, 4) is 0 Å². The lowest BCUT2D eigenvalue weighted by molar-refractivity contribution is -0.137. The quantitative estimate of drug-likeness (QED) is 0.656. The van der Waals surface area contributed by atoms with Crippen LogP contribution in [0.5, 0.6) is 0 Å². The van der Waals surface area contributed by atoms with Crippen LogP contribution in [0.3, 0.4) is 0 Å². The molecular weight excluding hydrogens is 357 g/mol. The normalized spacial score (nSPS) is 13.8. The molecule has 0 bridgehead atoms. The number of hydrogen-bond acceptors (Lipinski definition) is 3. The van der Waals surface area contributed by atoms with Crippen LogP contribution in [0.15, 0.2) is 54.6 Å². The Hall–Kier alpha value is -2.38. The number of carbonyl (C=O) groups is 1. The van der Waals surface area contributed by atoms with Crippen LogP contribution in [-0.4, -0.2) is 29.7 Å². The molecule has 0 aromatic heterocycles. The molecule has 2 rings (SSSR count). The Morgan fingerprint density at radius 2 is 1.81 bits per heavy atom. The predicted molar refractivity (Wildman–Crippen MR) is 98.3 cm³/mol. The number of aliphatic hydroxyl groups excluding tert-OH is 1. The van der Waals surface area contributed by atoms with Gasteiger partial charge in [-0.1, -0.05) is 36.4 Å². The average molecular weight is 380 g/mol. The summed E-state index contributed by atoms with van der Waals surface area (Å²) in [6.45, 7) is 1.70. The number of alkyl halides is 3. The molecule has 0 aliphatic heterocycles. The van der Waals surface area contributed by atoms with Gasteiger partial charge < -0.3 is 15.7 Å². The van der Waals surface area contributed by atoms with Crippen molar-refractivity contribution in [2.45, 2.75) is 38.0 Å². The van der Waals surface area contributed by atoms with E-state index >= 15 is 0 Å². The van der Waals surface area contributed by atoms with Crippen LogP contribution in [0.25, 0.3) is 0 Å². The van der Waals surface area contributed by atoms with Crippen molar-refractivity contribution in [2.75, 3.05) is 11.9 Å². The summed E-state index contributed by atoms with van der Waals surface area (Å²) in [5, 5.41) is 15.2. The van der Waals surface area contributed by atoms with E-state index < -0.39 is 17.6 Å². The van der Waals surface area contributed by atoms with Gasteiger partial charge in [0, 0.05) is 24.2 Å². The van der Waals surface area contributed by atoms with E-state index in [-0.39, 0.29) is 30.8 Å². The van der Waals surface area contributed by atoms with Crippen LogP contribution in [0.1, 0.15) is 24.5 Å². The maximum absolute atomic E-state index is 12.7.